The molecule has 3 heteroatoms. The van der Waals surface area contributed by atoms with Gasteiger partial charge in [-0.15, -0.1) is 0 Å². The van der Waals surface area contributed by atoms with E-state index < -0.39 is 0 Å². The maximum Gasteiger partial charge on any atom is 0.161 e. The van der Waals surface area contributed by atoms with Crippen molar-refractivity contribution in [2.75, 3.05) is 20.3 Å². The van der Waals surface area contributed by atoms with Crippen molar-refractivity contribution < 1.29 is 9.47 Å². The molecule has 0 fully saturated rings. The van der Waals surface area contributed by atoms with E-state index in [1.165, 1.54) is 11.1 Å². The molecule has 1 unspecified atom stereocenters. The summed E-state index contributed by atoms with van der Waals surface area (Å²) >= 11 is 0. The lowest BCUT2D eigenvalue weighted by Gasteiger charge is -2.17. The number of ether oxygens (including phenoxy) is 2. The van der Waals surface area contributed by atoms with Crippen LogP contribution in [0.1, 0.15) is 24.1 Å². The first-order valence-electron chi connectivity index (χ1n) is 7.27. The van der Waals surface area contributed by atoms with Crippen LogP contribution < -0.4 is 14.8 Å². The molecule has 1 atom stereocenters. The van der Waals surface area contributed by atoms with Gasteiger partial charge in [0.1, 0.15) is 6.61 Å². The van der Waals surface area contributed by atoms with Crippen molar-refractivity contribution in [3.8, 4) is 11.5 Å². The number of methoxy groups -OCH3 is 1. The van der Waals surface area contributed by atoms with Crippen molar-refractivity contribution in [3.63, 3.8) is 0 Å². The maximum absolute atomic E-state index is 5.76. The lowest BCUT2D eigenvalue weighted by atomic mass is 10.0. The van der Waals surface area contributed by atoms with Gasteiger partial charge in [0.25, 0.3) is 0 Å². The molecule has 2 aromatic carbocycles. The highest BCUT2D eigenvalue weighted by molar-refractivity contribution is 5.39. The van der Waals surface area contributed by atoms with Crippen LogP contribution >= 0.6 is 0 Å². The van der Waals surface area contributed by atoms with Crippen molar-refractivity contribution in [1.82, 2.24) is 5.32 Å². The van der Waals surface area contributed by atoms with Crippen LogP contribution in [-0.2, 0) is 0 Å². The van der Waals surface area contributed by atoms with E-state index in [0.29, 0.717) is 12.6 Å². The van der Waals surface area contributed by atoms with Crippen molar-refractivity contribution >= 4 is 0 Å². The van der Waals surface area contributed by atoms with Gasteiger partial charge in [0.15, 0.2) is 11.5 Å². The van der Waals surface area contributed by atoms with Gasteiger partial charge in [-0.05, 0) is 37.1 Å². The summed E-state index contributed by atoms with van der Waals surface area (Å²) in [5.41, 5.74) is 2.64. The molecule has 112 valence electrons. The molecule has 0 aliphatic heterocycles. The number of benzene rings is 2. The summed E-state index contributed by atoms with van der Waals surface area (Å²) in [6, 6.07) is 16.5. The second kappa shape index (κ2) is 7.70. The molecular weight excluding hydrogens is 262 g/mol. The second-order valence-electron chi connectivity index (χ2n) is 5.03. The van der Waals surface area contributed by atoms with Gasteiger partial charge in [0.2, 0.25) is 0 Å². The van der Waals surface area contributed by atoms with Crippen LogP contribution in [0.2, 0.25) is 0 Å². The van der Waals surface area contributed by atoms with E-state index in [1.54, 1.807) is 7.11 Å². The third-order valence-electron chi connectivity index (χ3n) is 3.53. The second-order valence-corrected chi connectivity index (χ2v) is 5.03. The summed E-state index contributed by atoms with van der Waals surface area (Å²) in [5, 5.41) is 3.48. The summed E-state index contributed by atoms with van der Waals surface area (Å²) in [6.45, 7) is 5.70. The molecule has 0 aliphatic carbocycles. The highest BCUT2D eigenvalue weighted by Gasteiger charge is 2.07. The van der Waals surface area contributed by atoms with E-state index >= 15 is 0 Å². The van der Waals surface area contributed by atoms with Crippen LogP contribution in [0, 0.1) is 6.92 Å². The number of hydrogen-bond acceptors (Lipinski definition) is 3. The molecule has 0 amide bonds. The average Bonchev–Trinajstić information content (AvgIpc) is 2.52. The molecule has 3 nitrogen and oxygen atoms in total. The molecule has 0 spiro atoms. The van der Waals surface area contributed by atoms with Crippen LogP contribution in [0.15, 0.2) is 48.5 Å². The zero-order chi connectivity index (χ0) is 15.1. The molecular formula is C18H23NO2. The molecule has 0 aliphatic rings. The van der Waals surface area contributed by atoms with Crippen LogP contribution in [0.5, 0.6) is 11.5 Å². The molecule has 0 bridgehead atoms. The highest BCUT2D eigenvalue weighted by Crippen LogP contribution is 2.25. The Morgan fingerprint density at radius 1 is 1.00 bits per heavy atom. The van der Waals surface area contributed by atoms with Gasteiger partial charge in [-0.2, -0.15) is 0 Å². The lowest BCUT2D eigenvalue weighted by molar-refractivity contribution is 0.287. The Labute approximate surface area is 126 Å². The quantitative estimate of drug-likeness (QED) is 0.786. The largest absolute Gasteiger partial charge is 0.493 e. The van der Waals surface area contributed by atoms with Crippen molar-refractivity contribution in [1.29, 1.82) is 0 Å². The first-order chi connectivity index (χ1) is 10.2. The predicted octanol–water partition coefficient (Wildman–Crippen LogP) is 3.73. The molecule has 1 N–H and O–H groups in total. The van der Waals surface area contributed by atoms with E-state index in [-0.39, 0.29) is 0 Å². The first kappa shape index (κ1) is 15.4. The van der Waals surface area contributed by atoms with Crippen molar-refractivity contribution in [2.24, 2.45) is 0 Å². The Hall–Kier alpha value is -2.00. The van der Waals surface area contributed by atoms with Gasteiger partial charge in [-0.3, -0.25) is 0 Å². The maximum atomic E-state index is 5.76. The Kier molecular flexibility index (Phi) is 5.64. The Morgan fingerprint density at radius 2 is 1.67 bits per heavy atom. The SMILES string of the molecule is COc1ccccc1OCCNC(C)c1ccccc1C. The summed E-state index contributed by atoms with van der Waals surface area (Å²) in [7, 11) is 1.65. The number of para-hydroxylation sites is 2. The standard InChI is InChI=1S/C18H23NO2/c1-14-8-4-5-9-16(14)15(2)19-12-13-21-18-11-7-6-10-17(18)20-3/h4-11,15,19H,12-13H2,1-3H3. The van der Waals surface area contributed by atoms with Gasteiger partial charge in [-0.1, -0.05) is 36.4 Å². The van der Waals surface area contributed by atoms with E-state index in [0.717, 1.165) is 18.0 Å². The fraction of sp³-hybridized carbons (Fsp3) is 0.333. The van der Waals surface area contributed by atoms with Crippen LogP contribution in [-0.4, -0.2) is 20.3 Å². The summed E-state index contributed by atoms with van der Waals surface area (Å²) in [5.74, 6) is 1.55. The number of aryl methyl sites for hydroxylation is 1. The molecule has 0 saturated carbocycles. The Morgan fingerprint density at radius 3 is 2.38 bits per heavy atom. The van der Waals surface area contributed by atoms with E-state index in [9.17, 15) is 0 Å². The first-order valence-corrected chi connectivity index (χ1v) is 7.27. The average molecular weight is 285 g/mol. The molecule has 0 aromatic heterocycles. The molecule has 0 saturated heterocycles. The zero-order valence-corrected chi connectivity index (χ0v) is 12.9. The topological polar surface area (TPSA) is 30.5 Å². The highest BCUT2D eigenvalue weighted by atomic mass is 16.5. The molecule has 21 heavy (non-hydrogen) atoms. The van der Waals surface area contributed by atoms with E-state index in [1.807, 2.05) is 24.3 Å². The van der Waals surface area contributed by atoms with Gasteiger partial charge >= 0.3 is 0 Å². The third kappa shape index (κ3) is 4.23. The summed E-state index contributed by atoms with van der Waals surface area (Å²) < 4.78 is 11.0. The fourth-order valence-electron chi connectivity index (χ4n) is 2.36. The van der Waals surface area contributed by atoms with Gasteiger partial charge in [0, 0.05) is 12.6 Å². The Balaban J connectivity index is 1.81. The molecule has 2 aromatic rings. The summed E-state index contributed by atoms with van der Waals surface area (Å²) in [6.07, 6.45) is 0. The van der Waals surface area contributed by atoms with Crippen molar-refractivity contribution in [2.45, 2.75) is 19.9 Å². The minimum Gasteiger partial charge on any atom is -0.493 e. The molecule has 2 rings (SSSR count). The smallest absolute Gasteiger partial charge is 0.161 e. The van der Waals surface area contributed by atoms with Gasteiger partial charge < -0.3 is 14.8 Å². The normalized spacial score (nSPS) is 12.0. The zero-order valence-electron chi connectivity index (χ0n) is 12.9. The number of hydrogen-bond donors (Lipinski definition) is 1. The molecule has 0 heterocycles. The minimum atomic E-state index is 0.312. The van der Waals surface area contributed by atoms with Crippen LogP contribution in [0.25, 0.3) is 0 Å². The van der Waals surface area contributed by atoms with Crippen LogP contribution in [0.4, 0.5) is 0 Å². The van der Waals surface area contributed by atoms with Crippen LogP contribution in [0.3, 0.4) is 0 Å². The van der Waals surface area contributed by atoms with Gasteiger partial charge in [-0.25, -0.2) is 0 Å². The predicted molar refractivity (Wildman–Crippen MR) is 86.1 cm³/mol. The minimum absolute atomic E-state index is 0.312. The lowest BCUT2D eigenvalue weighted by Crippen LogP contribution is -2.24. The van der Waals surface area contributed by atoms with Gasteiger partial charge in [0.05, 0.1) is 7.11 Å². The Bertz CT molecular complexity index is 569. The number of nitrogens with one attached hydrogen (secondary N) is 1. The number of rotatable bonds is 7. The monoisotopic (exact) mass is 285 g/mol. The van der Waals surface area contributed by atoms with Crippen molar-refractivity contribution in [3.05, 3.63) is 59.7 Å². The summed E-state index contributed by atoms with van der Waals surface area (Å²) in [4.78, 5) is 0. The van der Waals surface area contributed by atoms with E-state index in [4.69, 9.17) is 9.47 Å². The molecule has 0 radical (unpaired) electrons. The third-order valence-corrected chi connectivity index (χ3v) is 3.53. The fourth-order valence-corrected chi connectivity index (χ4v) is 2.36. The van der Waals surface area contributed by atoms with E-state index in [2.05, 4.69) is 43.4 Å².